The van der Waals surface area contributed by atoms with Gasteiger partial charge in [0.1, 0.15) is 5.76 Å². The molecule has 0 fully saturated rings. The first kappa shape index (κ1) is 22.3. The molecule has 2 aromatic carbocycles. The van der Waals surface area contributed by atoms with Crippen molar-refractivity contribution in [2.75, 3.05) is 24.4 Å². The fourth-order valence-corrected chi connectivity index (χ4v) is 4.27. The molecule has 8 nitrogen and oxygen atoms in total. The van der Waals surface area contributed by atoms with Crippen LogP contribution in [-0.2, 0) is 4.79 Å². The summed E-state index contributed by atoms with van der Waals surface area (Å²) >= 11 is 5.73. The number of allylic oxidation sites excluding steroid dienone is 1. The van der Waals surface area contributed by atoms with Crippen LogP contribution in [0, 0.1) is 6.92 Å². The Labute approximate surface area is 197 Å². The van der Waals surface area contributed by atoms with Gasteiger partial charge in [0.15, 0.2) is 22.4 Å². The molecular weight excluding hydrogens is 440 g/mol. The van der Waals surface area contributed by atoms with E-state index in [4.69, 9.17) is 26.2 Å². The number of carbonyl (C=O) groups is 1. The van der Waals surface area contributed by atoms with Crippen molar-refractivity contribution in [1.29, 1.82) is 0 Å². The van der Waals surface area contributed by atoms with E-state index in [0.717, 1.165) is 5.69 Å². The van der Waals surface area contributed by atoms with Gasteiger partial charge in [0.2, 0.25) is 0 Å². The van der Waals surface area contributed by atoms with E-state index in [2.05, 4.69) is 15.8 Å². The lowest BCUT2D eigenvalue weighted by molar-refractivity contribution is -0.113. The Hall–Kier alpha value is -3.85. The number of anilines is 2. The van der Waals surface area contributed by atoms with Gasteiger partial charge < -0.3 is 24.6 Å². The molecule has 0 saturated carbocycles. The van der Waals surface area contributed by atoms with Gasteiger partial charge in [-0.3, -0.25) is 9.69 Å². The number of nitrogens with one attached hydrogen (secondary N) is 2. The molecule has 0 saturated heterocycles. The molecule has 1 amide bonds. The third-order valence-electron chi connectivity index (χ3n) is 5.36. The normalized spacial score (nSPS) is 15.8. The van der Waals surface area contributed by atoms with Crippen LogP contribution >= 0.6 is 12.2 Å². The number of ether oxygens (including phenoxy) is 2. The van der Waals surface area contributed by atoms with Crippen LogP contribution < -0.4 is 25.0 Å². The molecule has 0 unspecified atom stereocenters. The first-order chi connectivity index (χ1) is 15.9. The number of rotatable bonds is 6. The molecule has 9 heteroatoms. The Morgan fingerprint density at radius 1 is 1.12 bits per heavy atom. The minimum absolute atomic E-state index is 0.327. The highest BCUT2D eigenvalue weighted by atomic mass is 32.1. The highest BCUT2D eigenvalue weighted by Gasteiger charge is 2.36. The summed E-state index contributed by atoms with van der Waals surface area (Å²) in [4.78, 5) is 15.4. The van der Waals surface area contributed by atoms with Crippen LogP contribution in [0.4, 0.5) is 11.5 Å². The number of aromatic nitrogens is 1. The predicted molar refractivity (Wildman–Crippen MR) is 130 cm³/mol. The zero-order valence-electron chi connectivity index (χ0n) is 18.7. The number of thiocarbonyl (C=S) groups is 1. The van der Waals surface area contributed by atoms with Crippen LogP contribution in [0.25, 0.3) is 0 Å². The Kier molecular flexibility index (Phi) is 6.32. The van der Waals surface area contributed by atoms with Crippen molar-refractivity contribution >= 4 is 34.7 Å². The van der Waals surface area contributed by atoms with Crippen molar-refractivity contribution in [3.8, 4) is 11.5 Å². The Bertz CT molecular complexity index is 1220. The lowest BCUT2D eigenvalue weighted by Crippen LogP contribution is -2.48. The quantitative estimate of drug-likeness (QED) is 0.521. The van der Waals surface area contributed by atoms with E-state index in [1.54, 1.807) is 33.3 Å². The second-order valence-electron chi connectivity index (χ2n) is 7.41. The average molecular weight is 465 g/mol. The summed E-state index contributed by atoms with van der Waals surface area (Å²) in [5, 5.41) is 10.5. The van der Waals surface area contributed by atoms with Crippen molar-refractivity contribution in [2.24, 2.45) is 0 Å². The van der Waals surface area contributed by atoms with E-state index in [1.165, 1.54) is 0 Å². The third-order valence-corrected chi connectivity index (χ3v) is 5.66. The molecule has 170 valence electrons. The van der Waals surface area contributed by atoms with Crippen LogP contribution in [0.1, 0.15) is 24.3 Å². The maximum absolute atomic E-state index is 13.6. The Balaban J connectivity index is 1.86. The molecule has 1 aliphatic rings. The molecule has 2 heterocycles. The number of hydrogen-bond donors (Lipinski definition) is 2. The maximum Gasteiger partial charge on any atom is 0.257 e. The van der Waals surface area contributed by atoms with Crippen LogP contribution in [-0.4, -0.2) is 30.4 Å². The fourth-order valence-electron chi connectivity index (χ4n) is 3.91. The molecule has 0 aliphatic carbocycles. The molecule has 0 spiro atoms. The van der Waals surface area contributed by atoms with Gasteiger partial charge in [-0.1, -0.05) is 35.5 Å². The minimum Gasteiger partial charge on any atom is -0.493 e. The van der Waals surface area contributed by atoms with Crippen LogP contribution in [0.3, 0.4) is 0 Å². The lowest BCUT2D eigenvalue weighted by Gasteiger charge is -2.38. The van der Waals surface area contributed by atoms with Crippen LogP contribution in [0.15, 0.2) is 70.4 Å². The number of methoxy groups -OCH3 is 2. The molecule has 1 aromatic heterocycles. The Morgan fingerprint density at radius 2 is 1.88 bits per heavy atom. The monoisotopic (exact) mass is 464 g/mol. The van der Waals surface area contributed by atoms with Gasteiger partial charge in [0, 0.05) is 23.0 Å². The molecule has 0 radical (unpaired) electrons. The summed E-state index contributed by atoms with van der Waals surface area (Å²) in [6.07, 6.45) is 0. The van der Waals surface area contributed by atoms with E-state index < -0.39 is 6.04 Å². The molecule has 1 aliphatic heterocycles. The van der Waals surface area contributed by atoms with Crippen molar-refractivity contribution in [1.82, 2.24) is 10.5 Å². The Morgan fingerprint density at radius 3 is 2.52 bits per heavy atom. The zero-order chi connectivity index (χ0) is 23.5. The predicted octanol–water partition coefficient (Wildman–Crippen LogP) is 4.35. The summed E-state index contributed by atoms with van der Waals surface area (Å²) in [5.41, 5.74) is 2.69. The number of amides is 1. The number of nitrogens with zero attached hydrogens (tertiary/aromatic N) is 2. The van der Waals surface area contributed by atoms with Crippen molar-refractivity contribution < 1.29 is 18.8 Å². The topological polar surface area (TPSA) is 88.9 Å². The number of hydrogen-bond acceptors (Lipinski definition) is 6. The van der Waals surface area contributed by atoms with Gasteiger partial charge in [0.05, 0.1) is 25.8 Å². The molecule has 4 rings (SSSR count). The van der Waals surface area contributed by atoms with Crippen molar-refractivity contribution in [3.05, 3.63) is 77.2 Å². The van der Waals surface area contributed by atoms with E-state index >= 15 is 0 Å². The van der Waals surface area contributed by atoms with E-state index in [1.807, 2.05) is 54.3 Å². The molecule has 1 atom stereocenters. The molecule has 33 heavy (non-hydrogen) atoms. The highest BCUT2D eigenvalue weighted by molar-refractivity contribution is 7.80. The van der Waals surface area contributed by atoms with Crippen LogP contribution in [0.2, 0.25) is 0 Å². The summed E-state index contributed by atoms with van der Waals surface area (Å²) in [6.45, 7) is 3.62. The van der Waals surface area contributed by atoms with Gasteiger partial charge in [-0.2, -0.15) is 0 Å². The SMILES string of the molecule is COc1cccc([C@@H]2NC(=S)N(c3ccccc3)C(C)=C2C(=O)Nc2cc(C)on2)c1OC. The molecule has 0 bridgehead atoms. The second-order valence-corrected chi connectivity index (χ2v) is 7.80. The minimum atomic E-state index is -0.587. The fraction of sp³-hybridized carbons (Fsp3) is 0.208. The van der Waals surface area contributed by atoms with E-state index in [0.29, 0.717) is 45.0 Å². The largest absolute Gasteiger partial charge is 0.493 e. The van der Waals surface area contributed by atoms with Gasteiger partial charge in [-0.15, -0.1) is 0 Å². The van der Waals surface area contributed by atoms with E-state index in [9.17, 15) is 4.79 Å². The summed E-state index contributed by atoms with van der Waals surface area (Å²) in [5.74, 6) is 1.65. The summed E-state index contributed by atoms with van der Waals surface area (Å²) < 4.78 is 16.2. The number of para-hydroxylation sites is 2. The first-order valence-electron chi connectivity index (χ1n) is 10.3. The first-order valence-corrected chi connectivity index (χ1v) is 10.7. The van der Waals surface area contributed by atoms with Crippen molar-refractivity contribution in [3.63, 3.8) is 0 Å². The van der Waals surface area contributed by atoms with E-state index in [-0.39, 0.29) is 5.91 Å². The van der Waals surface area contributed by atoms with Crippen molar-refractivity contribution in [2.45, 2.75) is 19.9 Å². The summed E-state index contributed by atoms with van der Waals surface area (Å²) in [7, 11) is 3.13. The second kappa shape index (κ2) is 9.33. The third kappa shape index (κ3) is 4.27. The van der Waals surface area contributed by atoms with Gasteiger partial charge >= 0.3 is 0 Å². The average Bonchev–Trinajstić information content (AvgIpc) is 3.22. The number of carbonyl (C=O) groups excluding carboxylic acids is 1. The molecule has 2 N–H and O–H groups in total. The maximum atomic E-state index is 13.6. The summed E-state index contributed by atoms with van der Waals surface area (Å²) in [6, 6.07) is 16.2. The van der Waals surface area contributed by atoms with Gasteiger partial charge in [0.25, 0.3) is 5.91 Å². The van der Waals surface area contributed by atoms with Gasteiger partial charge in [-0.05, 0) is 44.3 Å². The van der Waals surface area contributed by atoms with Gasteiger partial charge in [-0.25, -0.2) is 0 Å². The molecular formula is C24H24N4O4S. The number of benzene rings is 2. The standard InChI is InChI=1S/C24H24N4O4S/c1-14-13-19(27-32-14)25-23(29)20-15(2)28(16-9-6-5-7-10-16)24(33)26-21(20)17-11-8-12-18(30-3)22(17)31-4/h5-13,21H,1-4H3,(H,26,33)(H,25,27,29)/t21-/m0/s1. The highest BCUT2D eigenvalue weighted by Crippen LogP contribution is 2.41. The smallest absolute Gasteiger partial charge is 0.257 e. The van der Waals surface area contributed by atoms with Crippen LogP contribution in [0.5, 0.6) is 11.5 Å². The molecule has 3 aromatic rings. The lowest BCUT2D eigenvalue weighted by atomic mass is 9.93. The number of aryl methyl sites for hydroxylation is 1. The zero-order valence-corrected chi connectivity index (χ0v) is 19.5.